The van der Waals surface area contributed by atoms with Gasteiger partial charge in [0.05, 0.1) is 0 Å². The number of carboxylic acid groups (broad SMARTS) is 1. The second-order valence-electron chi connectivity index (χ2n) is 5.05. The van der Waals surface area contributed by atoms with Crippen molar-refractivity contribution < 1.29 is 9.90 Å². The maximum atomic E-state index is 11.5. The molecule has 0 amide bonds. The first-order valence-corrected chi connectivity index (χ1v) is 6.61. The lowest BCUT2D eigenvalue weighted by atomic mass is 10.0. The molecule has 3 heteroatoms. The Morgan fingerprint density at radius 1 is 1.10 bits per heavy atom. The van der Waals surface area contributed by atoms with Gasteiger partial charge in [0.2, 0.25) is 0 Å². The van der Waals surface area contributed by atoms with Gasteiger partial charge in [0, 0.05) is 6.54 Å². The zero-order valence-electron chi connectivity index (χ0n) is 11.8. The predicted octanol–water partition coefficient (Wildman–Crippen LogP) is 3.25. The van der Waals surface area contributed by atoms with Crippen LogP contribution in [0.15, 0.2) is 54.6 Å². The van der Waals surface area contributed by atoms with Crippen LogP contribution in [0.5, 0.6) is 0 Å². The summed E-state index contributed by atoms with van der Waals surface area (Å²) in [6, 6.07) is 16.9. The molecule has 0 heterocycles. The highest BCUT2D eigenvalue weighted by atomic mass is 16.4. The molecular weight excluding hydrogens is 250 g/mol. The summed E-state index contributed by atoms with van der Waals surface area (Å²) in [5, 5.41) is 9.48. The number of nitrogens with zero attached hydrogens (tertiary/aromatic N) is 1. The van der Waals surface area contributed by atoms with E-state index in [0.29, 0.717) is 6.54 Å². The quantitative estimate of drug-likeness (QED) is 0.905. The number of aliphatic carboxylic acids is 1. The van der Waals surface area contributed by atoms with Crippen LogP contribution in [0, 0.1) is 6.92 Å². The van der Waals surface area contributed by atoms with Gasteiger partial charge in [-0.15, -0.1) is 0 Å². The fraction of sp³-hybridized carbons (Fsp3) is 0.235. The lowest BCUT2D eigenvalue weighted by Gasteiger charge is -2.25. The maximum absolute atomic E-state index is 11.5. The average Bonchev–Trinajstić information content (AvgIpc) is 2.42. The summed E-state index contributed by atoms with van der Waals surface area (Å²) >= 11 is 0. The van der Waals surface area contributed by atoms with E-state index in [9.17, 15) is 9.90 Å². The molecule has 2 aromatic rings. The van der Waals surface area contributed by atoms with Crippen LogP contribution in [-0.2, 0) is 11.3 Å². The number of aryl methyl sites for hydroxylation is 1. The molecule has 20 heavy (non-hydrogen) atoms. The van der Waals surface area contributed by atoms with E-state index < -0.39 is 12.0 Å². The van der Waals surface area contributed by atoms with Crippen molar-refractivity contribution >= 4 is 5.97 Å². The summed E-state index contributed by atoms with van der Waals surface area (Å²) in [4.78, 5) is 13.4. The van der Waals surface area contributed by atoms with Gasteiger partial charge >= 0.3 is 5.97 Å². The second-order valence-corrected chi connectivity index (χ2v) is 5.05. The number of hydrogen-bond acceptors (Lipinski definition) is 2. The van der Waals surface area contributed by atoms with E-state index in [1.807, 2.05) is 73.5 Å². The van der Waals surface area contributed by atoms with Gasteiger partial charge in [-0.25, -0.2) is 0 Å². The highest BCUT2D eigenvalue weighted by Gasteiger charge is 2.24. The average molecular weight is 269 g/mol. The molecule has 0 bridgehead atoms. The molecule has 0 aliphatic rings. The molecule has 2 aromatic carbocycles. The Morgan fingerprint density at radius 3 is 2.25 bits per heavy atom. The molecule has 104 valence electrons. The largest absolute Gasteiger partial charge is 0.480 e. The SMILES string of the molecule is Cc1ccc(CN(C)C(C(=O)O)c2ccccc2)cc1. The molecule has 0 radical (unpaired) electrons. The Kier molecular flexibility index (Phi) is 4.53. The smallest absolute Gasteiger partial charge is 0.325 e. The standard InChI is InChI=1S/C17H19NO2/c1-13-8-10-14(11-9-13)12-18(2)16(17(19)20)15-6-4-3-5-7-15/h3-11,16H,12H2,1-2H3,(H,19,20). The molecule has 1 atom stereocenters. The summed E-state index contributed by atoms with van der Waals surface area (Å²) in [7, 11) is 1.84. The molecule has 1 N–H and O–H groups in total. The van der Waals surface area contributed by atoms with Crippen molar-refractivity contribution in [2.45, 2.75) is 19.5 Å². The van der Waals surface area contributed by atoms with E-state index in [2.05, 4.69) is 0 Å². The molecule has 0 spiro atoms. The van der Waals surface area contributed by atoms with E-state index in [4.69, 9.17) is 0 Å². The van der Waals surface area contributed by atoms with Crippen LogP contribution in [0.4, 0.5) is 0 Å². The van der Waals surface area contributed by atoms with Gasteiger partial charge in [-0.05, 0) is 25.1 Å². The molecule has 0 aliphatic carbocycles. The Balaban J connectivity index is 2.18. The van der Waals surface area contributed by atoms with E-state index in [-0.39, 0.29) is 0 Å². The van der Waals surface area contributed by atoms with Crippen molar-refractivity contribution in [3.63, 3.8) is 0 Å². The summed E-state index contributed by atoms with van der Waals surface area (Å²) in [6.07, 6.45) is 0. The van der Waals surface area contributed by atoms with Crippen LogP contribution < -0.4 is 0 Å². The minimum atomic E-state index is -0.828. The number of hydrogen-bond donors (Lipinski definition) is 1. The third kappa shape index (κ3) is 3.45. The van der Waals surface area contributed by atoms with Gasteiger partial charge in [0.15, 0.2) is 0 Å². The maximum Gasteiger partial charge on any atom is 0.325 e. The van der Waals surface area contributed by atoms with Crippen molar-refractivity contribution in [1.82, 2.24) is 4.90 Å². The van der Waals surface area contributed by atoms with Crippen LogP contribution in [0.25, 0.3) is 0 Å². The topological polar surface area (TPSA) is 40.5 Å². The van der Waals surface area contributed by atoms with Crippen LogP contribution in [0.1, 0.15) is 22.7 Å². The third-order valence-electron chi connectivity index (χ3n) is 3.34. The zero-order chi connectivity index (χ0) is 14.5. The monoisotopic (exact) mass is 269 g/mol. The zero-order valence-corrected chi connectivity index (χ0v) is 11.8. The summed E-state index contributed by atoms with van der Waals surface area (Å²) < 4.78 is 0. The normalized spacial score (nSPS) is 12.3. The van der Waals surface area contributed by atoms with E-state index >= 15 is 0 Å². The summed E-state index contributed by atoms with van der Waals surface area (Å²) in [6.45, 7) is 2.64. The molecule has 0 fully saturated rings. The number of benzene rings is 2. The first kappa shape index (κ1) is 14.3. The van der Waals surface area contributed by atoms with E-state index in [1.54, 1.807) is 0 Å². The van der Waals surface area contributed by atoms with Crippen LogP contribution in [0.3, 0.4) is 0 Å². The van der Waals surface area contributed by atoms with Crippen molar-refractivity contribution in [2.24, 2.45) is 0 Å². The Bertz CT molecular complexity index is 563. The van der Waals surface area contributed by atoms with E-state index in [1.165, 1.54) is 5.56 Å². The fourth-order valence-electron chi connectivity index (χ4n) is 2.29. The minimum absolute atomic E-state index is 0.603. The van der Waals surface area contributed by atoms with Crippen LogP contribution >= 0.6 is 0 Å². The highest BCUT2D eigenvalue weighted by molar-refractivity contribution is 5.75. The number of rotatable bonds is 5. The molecular formula is C17H19NO2. The number of carboxylic acids is 1. The van der Waals surface area contributed by atoms with Gasteiger partial charge in [-0.1, -0.05) is 60.2 Å². The Hall–Kier alpha value is -2.13. The lowest BCUT2D eigenvalue weighted by Crippen LogP contribution is -2.30. The molecule has 0 saturated carbocycles. The van der Waals surface area contributed by atoms with Crippen LogP contribution in [0.2, 0.25) is 0 Å². The van der Waals surface area contributed by atoms with Crippen molar-refractivity contribution in [1.29, 1.82) is 0 Å². The lowest BCUT2D eigenvalue weighted by molar-refractivity contribution is -0.143. The van der Waals surface area contributed by atoms with Gasteiger partial charge in [-0.2, -0.15) is 0 Å². The summed E-state index contributed by atoms with van der Waals surface area (Å²) in [5.74, 6) is -0.828. The molecule has 0 aromatic heterocycles. The first-order valence-electron chi connectivity index (χ1n) is 6.61. The highest BCUT2D eigenvalue weighted by Crippen LogP contribution is 2.21. The van der Waals surface area contributed by atoms with Crippen LogP contribution in [-0.4, -0.2) is 23.0 Å². The fourth-order valence-corrected chi connectivity index (χ4v) is 2.29. The van der Waals surface area contributed by atoms with Crippen molar-refractivity contribution in [3.05, 3.63) is 71.3 Å². The van der Waals surface area contributed by atoms with Gasteiger partial charge in [0.1, 0.15) is 6.04 Å². The van der Waals surface area contributed by atoms with Gasteiger partial charge < -0.3 is 5.11 Å². The van der Waals surface area contributed by atoms with Crippen molar-refractivity contribution in [3.8, 4) is 0 Å². The molecule has 1 unspecified atom stereocenters. The predicted molar refractivity (Wildman–Crippen MR) is 79.5 cm³/mol. The molecule has 3 nitrogen and oxygen atoms in total. The Morgan fingerprint density at radius 2 is 1.70 bits per heavy atom. The first-order chi connectivity index (χ1) is 9.58. The Labute approximate surface area is 119 Å². The minimum Gasteiger partial charge on any atom is -0.480 e. The third-order valence-corrected chi connectivity index (χ3v) is 3.34. The van der Waals surface area contributed by atoms with Gasteiger partial charge in [0.25, 0.3) is 0 Å². The summed E-state index contributed by atoms with van der Waals surface area (Å²) in [5.41, 5.74) is 3.11. The molecule has 2 rings (SSSR count). The van der Waals surface area contributed by atoms with E-state index in [0.717, 1.165) is 11.1 Å². The van der Waals surface area contributed by atoms with Crippen molar-refractivity contribution in [2.75, 3.05) is 7.05 Å². The number of carbonyl (C=O) groups is 1. The number of likely N-dealkylation sites (N-methyl/N-ethyl adjacent to an activating group) is 1. The second kappa shape index (κ2) is 6.35. The molecule has 0 saturated heterocycles. The molecule has 0 aliphatic heterocycles. The van der Waals surface area contributed by atoms with Gasteiger partial charge in [-0.3, -0.25) is 9.69 Å².